The lowest BCUT2D eigenvalue weighted by atomic mass is 10.2. The first-order chi connectivity index (χ1) is 5.16. The average Bonchev–Trinajstić information content (AvgIpc) is 1.99. The lowest BCUT2D eigenvalue weighted by molar-refractivity contribution is 1.47. The number of nitrogens with two attached hydrogens (primary N) is 2. The molecule has 56 valence electrons. The Kier molecular flexibility index (Phi) is 2.01. The fourth-order valence-electron chi connectivity index (χ4n) is 0.723. The highest BCUT2D eigenvalue weighted by Gasteiger charge is 2.05. The molecule has 0 amide bonds. The molecular formula is C7H6BrN3. The summed E-state index contributed by atoms with van der Waals surface area (Å²) in [6.45, 7) is 0. The Labute approximate surface area is 72.7 Å². The first-order valence-electron chi connectivity index (χ1n) is 2.90. The van der Waals surface area contributed by atoms with Gasteiger partial charge in [-0.3, -0.25) is 0 Å². The third-order valence-corrected chi connectivity index (χ3v) is 2.00. The quantitative estimate of drug-likeness (QED) is 0.639. The van der Waals surface area contributed by atoms with Crippen LogP contribution in [0.25, 0.3) is 0 Å². The lowest BCUT2D eigenvalue weighted by Gasteiger charge is -2.02. The minimum absolute atomic E-state index is 0.335. The summed E-state index contributed by atoms with van der Waals surface area (Å²) in [4.78, 5) is 0. The van der Waals surface area contributed by atoms with Crippen molar-refractivity contribution in [1.82, 2.24) is 0 Å². The fraction of sp³-hybridized carbons (Fsp3) is 0. The summed E-state index contributed by atoms with van der Waals surface area (Å²) < 4.78 is 0.673. The molecule has 0 spiro atoms. The largest absolute Gasteiger partial charge is 0.397 e. The van der Waals surface area contributed by atoms with Crippen LogP contribution in [-0.2, 0) is 0 Å². The lowest BCUT2D eigenvalue weighted by Crippen LogP contribution is -1.97. The van der Waals surface area contributed by atoms with Crippen molar-refractivity contribution >= 4 is 27.3 Å². The van der Waals surface area contributed by atoms with Gasteiger partial charge in [0, 0.05) is 4.47 Å². The van der Waals surface area contributed by atoms with E-state index in [4.69, 9.17) is 16.7 Å². The zero-order chi connectivity index (χ0) is 8.43. The maximum Gasteiger partial charge on any atom is 0.103 e. The van der Waals surface area contributed by atoms with Crippen LogP contribution < -0.4 is 11.5 Å². The second-order valence-electron chi connectivity index (χ2n) is 2.04. The first-order valence-corrected chi connectivity index (χ1v) is 3.69. The van der Waals surface area contributed by atoms with Gasteiger partial charge in [0.15, 0.2) is 0 Å². The number of benzene rings is 1. The van der Waals surface area contributed by atoms with E-state index in [1.165, 1.54) is 0 Å². The molecule has 0 aliphatic carbocycles. The van der Waals surface area contributed by atoms with Crippen LogP contribution in [-0.4, -0.2) is 0 Å². The molecule has 1 aromatic carbocycles. The van der Waals surface area contributed by atoms with Crippen LogP contribution in [0.15, 0.2) is 16.6 Å². The van der Waals surface area contributed by atoms with Crippen LogP contribution in [0.4, 0.5) is 11.4 Å². The zero-order valence-corrected chi connectivity index (χ0v) is 7.22. The SMILES string of the molecule is N#Cc1c(Br)ccc(N)c1N. The van der Waals surface area contributed by atoms with Crippen LogP contribution in [0.3, 0.4) is 0 Å². The van der Waals surface area contributed by atoms with E-state index >= 15 is 0 Å². The Morgan fingerprint density at radius 2 is 2.00 bits per heavy atom. The van der Waals surface area contributed by atoms with Crippen LogP contribution in [0.1, 0.15) is 5.56 Å². The summed E-state index contributed by atoms with van der Waals surface area (Å²) in [5.41, 5.74) is 12.1. The molecule has 1 aromatic rings. The third-order valence-electron chi connectivity index (χ3n) is 1.34. The second kappa shape index (κ2) is 2.81. The molecule has 0 unspecified atom stereocenters. The number of nitriles is 1. The van der Waals surface area contributed by atoms with E-state index in [0.717, 1.165) is 0 Å². The number of halogens is 1. The molecule has 0 bridgehead atoms. The molecular weight excluding hydrogens is 206 g/mol. The van der Waals surface area contributed by atoms with Crippen molar-refractivity contribution < 1.29 is 0 Å². The molecule has 0 fully saturated rings. The Balaban J connectivity index is 3.44. The summed E-state index contributed by atoms with van der Waals surface area (Å²) in [5.74, 6) is 0. The van der Waals surface area contributed by atoms with Gasteiger partial charge in [-0.15, -0.1) is 0 Å². The number of nitrogen functional groups attached to an aromatic ring is 2. The highest BCUT2D eigenvalue weighted by Crippen LogP contribution is 2.26. The van der Waals surface area contributed by atoms with Gasteiger partial charge >= 0.3 is 0 Å². The standard InChI is InChI=1S/C7H6BrN3/c8-5-1-2-6(10)7(11)4(5)3-9/h1-2H,10-11H2. The topological polar surface area (TPSA) is 75.8 Å². The molecule has 0 radical (unpaired) electrons. The number of hydrogen-bond donors (Lipinski definition) is 2. The van der Waals surface area contributed by atoms with Gasteiger partial charge in [0.1, 0.15) is 6.07 Å². The molecule has 0 atom stereocenters. The van der Waals surface area contributed by atoms with E-state index in [2.05, 4.69) is 15.9 Å². The van der Waals surface area contributed by atoms with Crippen molar-refractivity contribution in [3.05, 3.63) is 22.2 Å². The van der Waals surface area contributed by atoms with Crippen molar-refractivity contribution in [3.8, 4) is 6.07 Å². The Morgan fingerprint density at radius 3 is 2.45 bits per heavy atom. The highest BCUT2D eigenvalue weighted by molar-refractivity contribution is 9.10. The predicted octanol–water partition coefficient (Wildman–Crippen LogP) is 1.49. The molecule has 0 aliphatic heterocycles. The molecule has 1 rings (SSSR count). The molecule has 0 heterocycles. The van der Waals surface area contributed by atoms with Crippen molar-refractivity contribution in [2.75, 3.05) is 11.5 Å². The van der Waals surface area contributed by atoms with E-state index in [0.29, 0.717) is 21.4 Å². The van der Waals surface area contributed by atoms with Crippen molar-refractivity contribution in [1.29, 1.82) is 5.26 Å². The normalized spacial score (nSPS) is 9.09. The molecule has 4 N–H and O–H groups in total. The molecule has 11 heavy (non-hydrogen) atoms. The van der Waals surface area contributed by atoms with Crippen LogP contribution >= 0.6 is 15.9 Å². The van der Waals surface area contributed by atoms with Crippen molar-refractivity contribution in [2.45, 2.75) is 0 Å². The summed E-state index contributed by atoms with van der Waals surface area (Å²) >= 11 is 3.18. The van der Waals surface area contributed by atoms with Gasteiger partial charge < -0.3 is 11.5 Å². The van der Waals surface area contributed by atoms with Gasteiger partial charge in [-0.2, -0.15) is 5.26 Å². The van der Waals surface area contributed by atoms with Crippen molar-refractivity contribution in [3.63, 3.8) is 0 Å². The number of rotatable bonds is 0. The van der Waals surface area contributed by atoms with Crippen molar-refractivity contribution in [2.24, 2.45) is 0 Å². The second-order valence-corrected chi connectivity index (χ2v) is 2.89. The minimum atomic E-state index is 0.335. The third kappa shape index (κ3) is 1.28. The molecule has 0 saturated heterocycles. The first kappa shape index (κ1) is 7.89. The summed E-state index contributed by atoms with van der Waals surface area (Å²) in [5, 5.41) is 8.61. The minimum Gasteiger partial charge on any atom is -0.397 e. The zero-order valence-electron chi connectivity index (χ0n) is 5.63. The van der Waals surface area contributed by atoms with Gasteiger partial charge in [-0.1, -0.05) is 0 Å². The van der Waals surface area contributed by atoms with Crippen LogP contribution in [0.2, 0.25) is 0 Å². The molecule has 0 aromatic heterocycles. The van der Waals surface area contributed by atoms with E-state index in [9.17, 15) is 0 Å². The van der Waals surface area contributed by atoms with E-state index < -0.39 is 0 Å². The monoisotopic (exact) mass is 211 g/mol. The highest BCUT2D eigenvalue weighted by atomic mass is 79.9. The number of hydrogen-bond acceptors (Lipinski definition) is 3. The van der Waals surface area contributed by atoms with Gasteiger partial charge in [0.25, 0.3) is 0 Å². The van der Waals surface area contributed by atoms with Crippen LogP contribution in [0, 0.1) is 11.3 Å². The Morgan fingerprint density at radius 1 is 1.36 bits per heavy atom. The summed E-state index contributed by atoms with van der Waals surface area (Å²) in [7, 11) is 0. The average molecular weight is 212 g/mol. The molecule has 0 saturated carbocycles. The summed E-state index contributed by atoms with van der Waals surface area (Å²) in [6, 6.07) is 5.30. The van der Waals surface area contributed by atoms with Crippen LogP contribution in [0.5, 0.6) is 0 Å². The molecule has 4 heteroatoms. The van der Waals surface area contributed by atoms with E-state index in [-0.39, 0.29) is 0 Å². The Bertz CT molecular complexity index is 327. The predicted molar refractivity (Wildman–Crippen MR) is 47.7 cm³/mol. The van der Waals surface area contributed by atoms with Gasteiger partial charge in [-0.05, 0) is 28.1 Å². The Hall–Kier alpha value is -1.21. The maximum atomic E-state index is 8.61. The van der Waals surface area contributed by atoms with Gasteiger partial charge in [0.05, 0.1) is 16.9 Å². The van der Waals surface area contributed by atoms with Gasteiger partial charge in [-0.25, -0.2) is 0 Å². The fourth-order valence-corrected chi connectivity index (χ4v) is 1.16. The smallest absolute Gasteiger partial charge is 0.103 e. The number of nitrogens with zero attached hydrogens (tertiary/aromatic N) is 1. The molecule has 0 aliphatic rings. The summed E-state index contributed by atoms with van der Waals surface area (Å²) in [6.07, 6.45) is 0. The molecule has 3 nitrogen and oxygen atoms in total. The van der Waals surface area contributed by atoms with Gasteiger partial charge in [0.2, 0.25) is 0 Å². The van der Waals surface area contributed by atoms with E-state index in [1.807, 2.05) is 6.07 Å². The number of anilines is 2. The maximum absolute atomic E-state index is 8.61. The van der Waals surface area contributed by atoms with E-state index in [1.54, 1.807) is 12.1 Å².